The van der Waals surface area contributed by atoms with Crippen molar-refractivity contribution in [2.45, 2.75) is 184 Å². The predicted molar refractivity (Wildman–Crippen MR) is 205 cm³/mol. The SMILES string of the molecule is CO[C@@H]1[C@@H](O)[C@H]2O[C@@H]3[C@H](OC)[C@@H](O)[C@@H](O[C@H]4[C@H](O)[C@@H](O)[C@@H](O[C@H]5[C@H](O)[C@@H](O)[C@@H](O[C@H]6[C@H](O)[C@@H](O)[C@@H](O[C@H]7[C@H](O)[C@@H](O)[C@@H](O[C@H]1[C@@H](CO)O2)O[C@@H]7CO)O[C@@H]6CO)O[C@@H]5CO)O[C@@H]4CO)O[C@@H]3CO. The molecule has 0 spiro atoms. The molecule has 22 aliphatic rings. The summed E-state index contributed by atoms with van der Waals surface area (Å²) in [7, 11) is 2.26. The van der Waals surface area contributed by atoms with E-state index in [1.54, 1.807) is 0 Å². The molecule has 30 atom stereocenters. The Morgan fingerprint density at radius 2 is 0.426 bits per heavy atom. The van der Waals surface area contributed by atoms with Crippen LogP contribution in [0.3, 0.4) is 0 Å². The highest BCUT2D eigenvalue weighted by molar-refractivity contribution is 5.01. The molecule has 0 saturated carbocycles. The lowest BCUT2D eigenvalue weighted by Crippen LogP contribution is -2.69. The second-order valence-electron chi connectivity index (χ2n) is 17.3. The monoisotopic (exact) mass is 1000 g/mol. The molecule has 0 amide bonds. The lowest BCUT2D eigenvalue weighted by molar-refractivity contribution is -0.405. The van der Waals surface area contributed by atoms with E-state index in [2.05, 4.69) is 0 Å². The van der Waals surface area contributed by atoms with Gasteiger partial charge in [0.25, 0.3) is 0 Å². The fourth-order valence-corrected chi connectivity index (χ4v) is 9.44. The van der Waals surface area contributed by atoms with Crippen molar-refractivity contribution in [3.05, 3.63) is 0 Å². The molecule has 0 aromatic carbocycles. The van der Waals surface area contributed by atoms with E-state index >= 15 is 0 Å². The standard InChI is InChI=1S/C38H64O30/c1-55-31-23(53)37-61-14(8-44)30(31)68-38-24(54)32(56-2)29(13(7-43)62-38)67-36-22(52)18(48)27(11(5-41)60-36)65-34-20(50)16(46)25(9(3-39)58-34)63-33-19(49)15(45)26(10(4-40)57-33)64-35-21(51)17(47)28(66-37)12(6-42)59-35/h9-54H,3-8H2,1-2H3/t9-,10-,11-,12-,13-,14-,15-,16-,17-,18-,19-,20-,21-,22-,23-,24-,25-,26-,27-,28-,29+,30+,31-,32-,33-,34-,35-,36-,37-,38-/m1/s1. The van der Waals surface area contributed by atoms with E-state index < -0.39 is 224 Å². The molecule has 396 valence electrons. The maximum Gasteiger partial charge on any atom is 0.187 e. The molecule has 0 unspecified atom stereocenters. The van der Waals surface area contributed by atoms with Gasteiger partial charge in [-0.15, -0.1) is 0 Å². The van der Waals surface area contributed by atoms with Crippen LogP contribution >= 0.6 is 0 Å². The third-order valence-corrected chi connectivity index (χ3v) is 13.2. The van der Waals surface area contributed by atoms with Crippen molar-refractivity contribution in [3.63, 3.8) is 0 Å². The summed E-state index contributed by atoms with van der Waals surface area (Å²) in [6, 6.07) is 0. The molecular formula is C38H64O30. The van der Waals surface area contributed by atoms with Gasteiger partial charge in [-0.2, -0.15) is 0 Å². The largest absolute Gasteiger partial charge is 0.394 e. The van der Waals surface area contributed by atoms with E-state index in [0.29, 0.717) is 0 Å². The highest BCUT2D eigenvalue weighted by Crippen LogP contribution is 2.38. The van der Waals surface area contributed by atoms with Crippen molar-refractivity contribution in [1.82, 2.24) is 0 Å². The van der Waals surface area contributed by atoms with E-state index in [4.69, 9.17) is 66.3 Å². The number of methoxy groups -OCH3 is 2. The van der Waals surface area contributed by atoms with E-state index in [1.165, 1.54) is 0 Å². The van der Waals surface area contributed by atoms with Crippen molar-refractivity contribution in [2.75, 3.05) is 53.9 Å². The highest BCUT2D eigenvalue weighted by atomic mass is 16.8. The number of rotatable bonds is 8. The van der Waals surface area contributed by atoms with Crippen LogP contribution in [-0.4, -0.2) is 320 Å². The minimum atomic E-state index is -2.13. The minimum absolute atomic E-state index is 0.880. The first kappa shape index (κ1) is 54.6. The first-order valence-corrected chi connectivity index (χ1v) is 21.9. The van der Waals surface area contributed by atoms with Crippen LogP contribution in [0.15, 0.2) is 0 Å². The van der Waals surface area contributed by atoms with Crippen LogP contribution in [0.5, 0.6) is 0 Å². The summed E-state index contributed by atoms with van der Waals surface area (Å²) in [6.45, 7) is -5.63. The minimum Gasteiger partial charge on any atom is -0.394 e. The zero-order valence-corrected chi connectivity index (χ0v) is 36.4. The third kappa shape index (κ3) is 10.5. The maximum atomic E-state index is 11.6. The van der Waals surface area contributed by atoms with Crippen LogP contribution in [-0.2, 0) is 66.3 Å². The van der Waals surface area contributed by atoms with Crippen molar-refractivity contribution in [3.8, 4) is 0 Å². The van der Waals surface area contributed by atoms with Crippen LogP contribution in [0, 0.1) is 0 Å². The summed E-state index contributed by atoms with van der Waals surface area (Å²) in [5.74, 6) is 0. The molecule has 22 aliphatic heterocycles. The second-order valence-corrected chi connectivity index (χ2v) is 17.3. The van der Waals surface area contributed by atoms with Gasteiger partial charge in [0.05, 0.1) is 39.6 Å². The van der Waals surface area contributed by atoms with Gasteiger partial charge < -0.3 is 148 Å². The molecule has 22 saturated heterocycles. The molecule has 22 rings (SSSR count). The molecule has 22 fully saturated rings. The Hall–Kier alpha value is -1.20. The molecule has 0 aromatic rings. The highest BCUT2D eigenvalue weighted by Gasteiger charge is 2.59. The summed E-state index contributed by atoms with van der Waals surface area (Å²) < 4.78 is 80.6. The van der Waals surface area contributed by atoms with E-state index in [9.17, 15) is 81.7 Å². The molecule has 12 bridgehead atoms. The molecule has 22 heterocycles. The fourth-order valence-electron chi connectivity index (χ4n) is 9.44. The van der Waals surface area contributed by atoms with Gasteiger partial charge in [-0.3, -0.25) is 0 Å². The number of hydrogen-bond acceptors (Lipinski definition) is 30. The molecule has 0 radical (unpaired) electrons. The fraction of sp³-hybridized carbons (Fsp3) is 1.00. The van der Waals surface area contributed by atoms with Crippen molar-refractivity contribution < 1.29 is 148 Å². The maximum absolute atomic E-state index is 11.6. The van der Waals surface area contributed by atoms with Gasteiger partial charge in [-0.05, 0) is 0 Å². The zero-order chi connectivity index (χ0) is 49.5. The number of aliphatic hydroxyl groups excluding tert-OH is 16. The normalized spacial score (nSPS) is 54.1. The van der Waals surface area contributed by atoms with Crippen LogP contribution in [0.2, 0.25) is 0 Å². The van der Waals surface area contributed by atoms with Gasteiger partial charge in [0.1, 0.15) is 146 Å². The number of aliphatic hydroxyl groups is 16. The molecule has 30 nitrogen and oxygen atoms in total. The van der Waals surface area contributed by atoms with Gasteiger partial charge >= 0.3 is 0 Å². The summed E-state index contributed by atoms with van der Waals surface area (Å²) >= 11 is 0. The lowest BCUT2D eigenvalue weighted by Gasteiger charge is -2.51. The summed E-state index contributed by atoms with van der Waals surface area (Å²) in [4.78, 5) is 0. The Kier molecular flexibility index (Phi) is 18.7. The van der Waals surface area contributed by atoms with Crippen LogP contribution < -0.4 is 0 Å². The van der Waals surface area contributed by atoms with Gasteiger partial charge in [-0.1, -0.05) is 0 Å². The second kappa shape index (κ2) is 23.3. The zero-order valence-electron chi connectivity index (χ0n) is 36.4. The first-order valence-electron chi connectivity index (χ1n) is 21.9. The molecule has 0 aromatic heterocycles. The average Bonchev–Trinajstić information content (AvgIpc) is 3.33. The van der Waals surface area contributed by atoms with Crippen molar-refractivity contribution in [1.29, 1.82) is 0 Å². The molecule has 68 heavy (non-hydrogen) atoms. The smallest absolute Gasteiger partial charge is 0.187 e. The Balaban J connectivity index is 1.21. The van der Waals surface area contributed by atoms with Crippen molar-refractivity contribution in [2.24, 2.45) is 0 Å². The Morgan fingerprint density at radius 1 is 0.250 bits per heavy atom. The lowest BCUT2D eigenvalue weighted by atomic mass is 9.94. The molecule has 16 N–H and O–H groups in total. The van der Waals surface area contributed by atoms with E-state index in [-0.39, 0.29) is 0 Å². The van der Waals surface area contributed by atoms with E-state index in [1.807, 2.05) is 0 Å². The summed E-state index contributed by atoms with van der Waals surface area (Å²) in [6.07, 6.45) is -54.7. The van der Waals surface area contributed by atoms with E-state index in [0.717, 1.165) is 14.2 Å². The van der Waals surface area contributed by atoms with Crippen LogP contribution in [0.1, 0.15) is 0 Å². The Labute approximate surface area is 385 Å². The Bertz CT molecular complexity index is 1540. The third-order valence-electron chi connectivity index (χ3n) is 13.2. The quantitative estimate of drug-likeness (QED) is 0.107. The summed E-state index contributed by atoms with van der Waals surface area (Å²) in [5.41, 5.74) is 0. The molecule has 0 aliphatic carbocycles. The number of hydrogen-bond donors (Lipinski definition) is 16. The first-order chi connectivity index (χ1) is 32.5. The average molecular weight is 1000 g/mol. The van der Waals surface area contributed by atoms with Crippen LogP contribution in [0.25, 0.3) is 0 Å². The van der Waals surface area contributed by atoms with Gasteiger partial charge in [0.2, 0.25) is 0 Å². The predicted octanol–water partition coefficient (Wildman–Crippen LogP) is -11.7. The molecule has 30 heteroatoms. The Morgan fingerprint density at radius 3 is 0.618 bits per heavy atom. The number of ether oxygens (including phenoxy) is 14. The summed E-state index contributed by atoms with van der Waals surface area (Å²) in [5, 5.41) is 175. The van der Waals surface area contributed by atoms with Gasteiger partial charge in [0, 0.05) is 14.2 Å². The van der Waals surface area contributed by atoms with Gasteiger partial charge in [0.15, 0.2) is 37.7 Å². The van der Waals surface area contributed by atoms with Crippen LogP contribution in [0.4, 0.5) is 0 Å². The molecular weight excluding hydrogens is 936 g/mol. The topological polar surface area (TPSA) is 453 Å². The van der Waals surface area contributed by atoms with Crippen molar-refractivity contribution >= 4 is 0 Å². The van der Waals surface area contributed by atoms with Gasteiger partial charge in [-0.25, -0.2) is 0 Å².